The van der Waals surface area contributed by atoms with Crippen molar-refractivity contribution in [2.45, 2.75) is 6.92 Å². The van der Waals surface area contributed by atoms with E-state index in [9.17, 15) is 4.79 Å². The number of benzene rings is 2. The van der Waals surface area contributed by atoms with E-state index in [-0.39, 0.29) is 0 Å². The highest BCUT2D eigenvalue weighted by atomic mass is 35.5. The molecule has 1 aromatic heterocycles. The van der Waals surface area contributed by atoms with Gasteiger partial charge < -0.3 is 18.6 Å². The molecule has 3 aromatic rings. The van der Waals surface area contributed by atoms with Crippen molar-refractivity contribution in [3.63, 3.8) is 0 Å². The SMILES string of the molecule is COc1cc(OC)c2c(=O)oc3cc(C)c(Cl)c(OC)c3c2c1. The van der Waals surface area contributed by atoms with Gasteiger partial charge in [0, 0.05) is 11.5 Å². The second-order valence-corrected chi connectivity index (χ2v) is 5.43. The molecule has 0 radical (unpaired) electrons. The summed E-state index contributed by atoms with van der Waals surface area (Å²) in [7, 11) is 4.55. The number of rotatable bonds is 3. The Hall–Kier alpha value is -2.40. The van der Waals surface area contributed by atoms with Crippen LogP contribution in [0.5, 0.6) is 17.2 Å². The lowest BCUT2D eigenvalue weighted by Crippen LogP contribution is -2.04. The minimum atomic E-state index is -0.490. The van der Waals surface area contributed by atoms with Crippen molar-refractivity contribution >= 4 is 33.3 Å². The van der Waals surface area contributed by atoms with E-state index in [0.717, 1.165) is 5.56 Å². The van der Waals surface area contributed by atoms with Crippen LogP contribution in [-0.2, 0) is 0 Å². The molecule has 0 N–H and O–H groups in total. The van der Waals surface area contributed by atoms with Crippen LogP contribution in [0.15, 0.2) is 27.4 Å². The maximum absolute atomic E-state index is 12.4. The topological polar surface area (TPSA) is 57.9 Å². The molecule has 3 rings (SSSR count). The minimum Gasteiger partial charge on any atom is -0.497 e. The summed E-state index contributed by atoms with van der Waals surface area (Å²) in [5.41, 5.74) is 0.667. The number of ether oxygens (including phenoxy) is 3. The molecule has 0 aliphatic heterocycles. The van der Waals surface area contributed by atoms with Gasteiger partial charge in [0.15, 0.2) is 0 Å². The van der Waals surface area contributed by atoms with E-state index in [1.54, 1.807) is 25.3 Å². The first kappa shape index (κ1) is 15.5. The zero-order valence-electron chi connectivity index (χ0n) is 13.2. The van der Waals surface area contributed by atoms with Gasteiger partial charge in [-0.25, -0.2) is 4.79 Å². The third-order valence-corrected chi connectivity index (χ3v) is 4.25. The van der Waals surface area contributed by atoms with Gasteiger partial charge in [-0.2, -0.15) is 0 Å². The summed E-state index contributed by atoms with van der Waals surface area (Å²) in [4.78, 5) is 12.4. The summed E-state index contributed by atoms with van der Waals surface area (Å²) in [5.74, 6) is 1.37. The van der Waals surface area contributed by atoms with Gasteiger partial charge in [-0.1, -0.05) is 11.6 Å². The Bertz CT molecular complexity index is 975. The fraction of sp³-hybridized carbons (Fsp3) is 0.235. The Morgan fingerprint density at radius 3 is 2.35 bits per heavy atom. The first-order valence-electron chi connectivity index (χ1n) is 6.87. The normalized spacial score (nSPS) is 11.0. The quantitative estimate of drug-likeness (QED) is 0.536. The zero-order chi connectivity index (χ0) is 16.7. The van der Waals surface area contributed by atoms with Crippen molar-refractivity contribution in [2.24, 2.45) is 0 Å². The predicted molar refractivity (Wildman–Crippen MR) is 89.4 cm³/mol. The molecule has 1 heterocycles. The summed E-state index contributed by atoms with van der Waals surface area (Å²) >= 11 is 6.35. The highest BCUT2D eigenvalue weighted by molar-refractivity contribution is 6.34. The maximum Gasteiger partial charge on any atom is 0.347 e. The van der Waals surface area contributed by atoms with Crippen molar-refractivity contribution < 1.29 is 18.6 Å². The summed E-state index contributed by atoms with van der Waals surface area (Å²) < 4.78 is 21.5. The molecule has 120 valence electrons. The average molecular weight is 335 g/mol. The van der Waals surface area contributed by atoms with Crippen molar-refractivity contribution in [3.8, 4) is 17.2 Å². The minimum absolute atomic E-state index is 0.319. The van der Waals surface area contributed by atoms with Crippen LogP contribution in [0.3, 0.4) is 0 Å². The van der Waals surface area contributed by atoms with E-state index in [4.69, 9.17) is 30.2 Å². The number of methoxy groups -OCH3 is 3. The van der Waals surface area contributed by atoms with Crippen molar-refractivity contribution in [1.82, 2.24) is 0 Å². The van der Waals surface area contributed by atoms with Gasteiger partial charge in [0.1, 0.15) is 28.2 Å². The highest BCUT2D eigenvalue weighted by Crippen LogP contribution is 2.42. The number of hydrogen-bond acceptors (Lipinski definition) is 5. The Morgan fingerprint density at radius 1 is 1.00 bits per heavy atom. The number of hydrogen-bond donors (Lipinski definition) is 0. The first-order chi connectivity index (χ1) is 11.0. The third-order valence-electron chi connectivity index (χ3n) is 3.78. The molecule has 0 atom stereocenters. The second-order valence-electron chi connectivity index (χ2n) is 5.06. The maximum atomic E-state index is 12.4. The summed E-state index contributed by atoms with van der Waals surface area (Å²) in [6.45, 7) is 1.82. The number of aryl methyl sites for hydroxylation is 1. The monoisotopic (exact) mass is 334 g/mol. The number of fused-ring (bicyclic) bond motifs is 3. The second kappa shape index (κ2) is 5.66. The van der Waals surface area contributed by atoms with Crippen LogP contribution in [0, 0.1) is 6.92 Å². The lowest BCUT2D eigenvalue weighted by atomic mass is 10.0. The van der Waals surface area contributed by atoms with Crippen molar-refractivity contribution in [3.05, 3.63) is 39.2 Å². The van der Waals surface area contributed by atoms with Crippen molar-refractivity contribution in [2.75, 3.05) is 21.3 Å². The lowest BCUT2D eigenvalue weighted by Gasteiger charge is -2.14. The van der Waals surface area contributed by atoms with Crippen LogP contribution in [0.25, 0.3) is 21.7 Å². The smallest absolute Gasteiger partial charge is 0.347 e. The average Bonchev–Trinajstić information content (AvgIpc) is 2.55. The summed E-state index contributed by atoms with van der Waals surface area (Å²) in [5, 5.41) is 2.00. The molecule has 2 aromatic carbocycles. The van der Waals surface area contributed by atoms with Gasteiger partial charge >= 0.3 is 5.63 Å². The van der Waals surface area contributed by atoms with Crippen LogP contribution in [0.4, 0.5) is 0 Å². The van der Waals surface area contributed by atoms with Crippen LogP contribution in [0.2, 0.25) is 5.02 Å². The molecular formula is C17H15ClO5. The first-order valence-corrected chi connectivity index (χ1v) is 7.25. The molecule has 5 nitrogen and oxygen atoms in total. The molecule has 0 fully saturated rings. The fourth-order valence-electron chi connectivity index (χ4n) is 2.69. The molecule has 0 amide bonds. The molecule has 0 aliphatic carbocycles. The summed E-state index contributed by atoms with van der Waals surface area (Å²) in [6.07, 6.45) is 0. The van der Waals surface area contributed by atoms with E-state index >= 15 is 0 Å². The molecule has 23 heavy (non-hydrogen) atoms. The molecule has 0 spiro atoms. The highest BCUT2D eigenvalue weighted by Gasteiger charge is 2.20. The Kier molecular flexibility index (Phi) is 3.82. The van der Waals surface area contributed by atoms with Gasteiger partial charge in [-0.3, -0.25) is 0 Å². The van der Waals surface area contributed by atoms with E-state index in [0.29, 0.717) is 44.0 Å². The van der Waals surface area contributed by atoms with Crippen LogP contribution in [0.1, 0.15) is 5.56 Å². The lowest BCUT2D eigenvalue weighted by molar-refractivity contribution is 0.397. The molecular weight excluding hydrogens is 320 g/mol. The van der Waals surface area contributed by atoms with Gasteiger partial charge in [0.25, 0.3) is 0 Å². The Balaban J connectivity index is 2.65. The van der Waals surface area contributed by atoms with E-state index in [2.05, 4.69) is 0 Å². The Labute approximate surface area is 137 Å². The van der Waals surface area contributed by atoms with Gasteiger partial charge in [0.2, 0.25) is 0 Å². The zero-order valence-corrected chi connectivity index (χ0v) is 13.9. The van der Waals surface area contributed by atoms with E-state index in [1.807, 2.05) is 6.92 Å². The largest absolute Gasteiger partial charge is 0.497 e. The molecule has 6 heteroatoms. The van der Waals surface area contributed by atoms with Crippen molar-refractivity contribution in [1.29, 1.82) is 0 Å². The fourth-order valence-corrected chi connectivity index (χ4v) is 2.91. The van der Waals surface area contributed by atoms with Gasteiger partial charge in [-0.05, 0) is 24.6 Å². The number of halogens is 1. The standard InChI is InChI=1S/C17H15ClO5/c1-8-5-12-13(16(22-4)15(8)18)10-6-9(20-2)7-11(21-3)14(10)17(19)23-12/h5-7H,1-4H3. The van der Waals surface area contributed by atoms with E-state index in [1.165, 1.54) is 14.2 Å². The van der Waals surface area contributed by atoms with Gasteiger partial charge in [-0.15, -0.1) is 0 Å². The van der Waals surface area contributed by atoms with Gasteiger partial charge in [0.05, 0.1) is 31.7 Å². The summed E-state index contributed by atoms with van der Waals surface area (Å²) in [6, 6.07) is 5.09. The molecule has 0 bridgehead atoms. The van der Waals surface area contributed by atoms with E-state index < -0.39 is 5.63 Å². The molecule has 0 saturated heterocycles. The van der Waals surface area contributed by atoms with Crippen LogP contribution in [-0.4, -0.2) is 21.3 Å². The molecule has 0 saturated carbocycles. The molecule has 0 aliphatic rings. The Morgan fingerprint density at radius 2 is 1.74 bits per heavy atom. The van der Waals surface area contributed by atoms with Crippen LogP contribution < -0.4 is 19.8 Å². The predicted octanol–water partition coefficient (Wildman–Crippen LogP) is 3.93. The third kappa shape index (κ3) is 2.28. The molecule has 0 unspecified atom stereocenters. The van der Waals surface area contributed by atoms with Crippen LogP contribution >= 0.6 is 11.6 Å².